The van der Waals surface area contributed by atoms with Crippen molar-refractivity contribution in [2.75, 3.05) is 35.3 Å². The predicted molar refractivity (Wildman–Crippen MR) is 86.2 cm³/mol. The summed E-state index contributed by atoms with van der Waals surface area (Å²) in [5.74, 6) is 7.71. The van der Waals surface area contributed by atoms with Gasteiger partial charge in [0.25, 0.3) is 0 Å². The second kappa shape index (κ2) is 6.43. The van der Waals surface area contributed by atoms with Gasteiger partial charge in [0, 0.05) is 19.6 Å². The maximum absolute atomic E-state index is 5.47. The monoisotopic (exact) mass is 293 g/mol. The molecule has 2 rings (SSSR count). The maximum atomic E-state index is 5.47. The van der Waals surface area contributed by atoms with Crippen molar-refractivity contribution in [2.24, 2.45) is 17.2 Å². The number of hydrazine groups is 1. The molecule has 0 radical (unpaired) electrons. The molecule has 4 N–H and O–H groups in total. The Labute approximate surface area is 126 Å². The molecule has 0 aromatic carbocycles. The average Bonchev–Trinajstić information content (AvgIpc) is 2.99. The fraction of sp³-hybridized carbons (Fsp3) is 0.786. The Kier molecular flexibility index (Phi) is 4.82. The quantitative estimate of drug-likeness (QED) is 0.544. The highest BCUT2D eigenvalue weighted by Gasteiger charge is 2.23. The van der Waals surface area contributed by atoms with Gasteiger partial charge in [-0.3, -0.25) is 5.43 Å². The molecular weight excluding hydrogens is 266 g/mol. The molecule has 1 aromatic rings. The summed E-state index contributed by atoms with van der Waals surface area (Å²) in [6.07, 6.45) is 2.36. The van der Waals surface area contributed by atoms with Crippen LogP contribution in [0.15, 0.2) is 0 Å². The molecule has 0 amide bonds. The highest BCUT2D eigenvalue weighted by Crippen LogP contribution is 2.26. The van der Waals surface area contributed by atoms with Crippen LogP contribution in [-0.4, -0.2) is 34.6 Å². The van der Waals surface area contributed by atoms with Crippen LogP contribution in [0.2, 0.25) is 0 Å². The molecule has 0 saturated carbocycles. The van der Waals surface area contributed by atoms with Crippen LogP contribution in [0.3, 0.4) is 0 Å². The fourth-order valence-corrected chi connectivity index (χ4v) is 2.08. The van der Waals surface area contributed by atoms with Gasteiger partial charge in [0.2, 0.25) is 17.8 Å². The van der Waals surface area contributed by atoms with Crippen molar-refractivity contribution < 1.29 is 0 Å². The Balaban J connectivity index is 2.13. The van der Waals surface area contributed by atoms with E-state index in [0.29, 0.717) is 23.8 Å². The average molecular weight is 293 g/mol. The third-order valence-corrected chi connectivity index (χ3v) is 4.41. The predicted octanol–water partition coefficient (Wildman–Crippen LogP) is 1.85. The van der Waals surface area contributed by atoms with E-state index in [0.717, 1.165) is 19.6 Å². The van der Waals surface area contributed by atoms with Gasteiger partial charge < -0.3 is 10.2 Å². The van der Waals surface area contributed by atoms with E-state index in [4.69, 9.17) is 5.84 Å². The minimum Gasteiger partial charge on any atom is -0.353 e. The van der Waals surface area contributed by atoms with Gasteiger partial charge in [0.15, 0.2) is 0 Å². The normalized spacial score (nSPS) is 15.6. The minimum absolute atomic E-state index is 0.163. The third kappa shape index (κ3) is 3.93. The lowest BCUT2D eigenvalue weighted by atomic mass is 9.81. The second-order valence-corrected chi connectivity index (χ2v) is 6.62. The standard InChI is InChI=1S/C14H27N7/c1-10(2)14(3,4)9-16-11-17-12(20-15)19-13(18-11)21-7-5-6-8-21/h10H,5-9,15H2,1-4H3,(H2,16,17,18,19,20). The molecule has 0 bridgehead atoms. The number of hydrogen-bond acceptors (Lipinski definition) is 7. The summed E-state index contributed by atoms with van der Waals surface area (Å²) in [4.78, 5) is 15.3. The van der Waals surface area contributed by atoms with Crippen molar-refractivity contribution in [3.63, 3.8) is 0 Å². The Hall–Kier alpha value is -1.63. The first-order valence-electron chi connectivity index (χ1n) is 7.64. The second-order valence-electron chi connectivity index (χ2n) is 6.62. The first-order chi connectivity index (χ1) is 9.92. The van der Waals surface area contributed by atoms with Crippen molar-refractivity contribution in [1.29, 1.82) is 0 Å². The van der Waals surface area contributed by atoms with Crippen LogP contribution in [0.1, 0.15) is 40.5 Å². The van der Waals surface area contributed by atoms with Crippen LogP contribution < -0.4 is 21.5 Å². The minimum atomic E-state index is 0.163. The van der Waals surface area contributed by atoms with Crippen molar-refractivity contribution >= 4 is 17.8 Å². The molecule has 1 aliphatic rings. The van der Waals surface area contributed by atoms with Crippen molar-refractivity contribution in [1.82, 2.24) is 15.0 Å². The molecule has 21 heavy (non-hydrogen) atoms. The first-order valence-corrected chi connectivity index (χ1v) is 7.64. The van der Waals surface area contributed by atoms with Gasteiger partial charge in [0.05, 0.1) is 0 Å². The number of nitrogens with two attached hydrogens (primary N) is 1. The zero-order valence-electron chi connectivity index (χ0n) is 13.5. The molecule has 1 aliphatic heterocycles. The lowest BCUT2D eigenvalue weighted by Gasteiger charge is -2.29. The van der Waals surface area contributed by atoms with Crippen LogP contribution in [-0.2, 0) is 0 Å². The number of hydrogen-bond donors (Lipinski definition) is 3. The lowest BCUT2D eigenvalue weighted by molar-refractivity contribution is 0.269. The van der Waals surface area contributed by atoms with Crippen molar-refractivity contribution in [3.05, 3.63) is 0 Å². The molecule has 1 saturated heterocycles. The highest BCUT2D eigenvalue weighted by molar-refractivity contribution is 5.43. The third-order valence-electron chi connectivity index (χ3n) is 4.41. The fourth-order valence-electron chi connectivity index (χ4n) is 2.08. The Morgan fingerprint density at radius 3 is 2.33 bits per heavy atom. The topological polar surface area (TPSA) is 92.0 Å². The molecule has 2 heterocycles. The molecule has 0 spiro atoms. The number of rotatable bonds is 6. The largest absolute Gasteiger partial charge is 0.353 e. The SMILES string of the molecule is CC(C)C(C)(C)CNc1nc(NN)nc(N2CCCC2)n1. The van der Waals surface area contributed by atoms with E-state index < -0.39 is 0 Å². The van der Waals surface area contributed by atoms with Gasteiger partial charge in [0.1, 0.15) is 0 Å². The molecule has 1 fully saturated rings. The van der Waals surface area contributed by atoms with E-state index in [2.05, 4.69) is 58.3 Å². The van der Waals surface area contributed by atoms with Crippen molar-refractivity contribution in [2.45, 2.75) is 40.5 Å². The molecule has 1 aromatic heterocycles. The molecule has 0 atom stereocenters. The van der Waals surface area contributed by atoms with Crippen LogP contribution in [0.25, 0.3) is 0 Å². The summed E-state index contributed by atoms with van der Waals surface area (Å²) in [6, 6.07) is 0. The van der Waals surface area contributed by atoms with E-state index in [1.54, 1.807) is 0 Å². The van der Waals surface area contributed by atoms with Gasteiger partial charge in [-0.05, 0) is 24.2 Å². The maximum Gasteiger partial charge on any atom is 0.243 e. The zero-order valence-corrected chi connectivity index (χ0v) is 13.5. The summed E-state index contributed by atoms with van der Waals surface area (Å²) in [6.45, 7) is 11.7. The smallest absolute Gasteiger partial charge is 0.243 e. The summed E-state index contributed by atoms with van der Waals surface area (Å²) >= 11 is 0. The van der Waals surface area contributed by atoms with Crippen molar-refractivity contribution in [3.8, 4) is 0 Å². The Morgan fingerprint density at radius 2 is 1.76 bits per heavy atom. The van der Waals surface area contributed by atoms with Gasteiger partial charge in [-0.25, -0.2) is 5.84 Å². The van der Waals surface area contributed by atoms with E-state index in [-0.39, 0.29) is 5.41 Å². The Morgan fingerprint density at radius 1 is 1.14 bits per heavy atom. The summed E-state index contributed by atoms with van der Waals surface area (Å²) < 4.78 is 0. The summed E-state index contributed by atoms with van der Waals surface area (Å²) in [7, 11) is 0. The summed E-state index contributed by atoms with van der Waals surface area (Å²) in [5, 5.41) is 3.32. The van der Waals surface area contributed by atoms with Gasteiger partial charge in [-0.2, -0.15) is 15.0 Å². The number of nitrogen functional groups attached to an aromatic ring is 1. The van der Waals surface area contributed by atoms with Gasteiger partial charge in [-0.1, -0.05) is 27.7 Å². The number of nitrogens with one attached hydrogen (secondary N) is 2. The van der Waals surface area contributed by atoms with E-state index in [1.165, 1.54) is 12.8 Å². The number of nitrogens with zero attached hydrogens (tertiary/aromatic N) is 4. The summed E-state index contributed by atoms with van der Waals surface area (Å²) in [5.41, 5.74) is 2.69. The highest BCUT2D eigenvalue weighted by atomic mass is 15.4. The van der Waals surface area contributed by atoms with Crippen LogP contribution in [0.4, 0.5) is 17.8 Å². The zero-order chi connectivity index (χ0) is 15.5. The van der Waals surface area contributed by atoms with Crippen LogP contribution >= 0.6 is 0 Å². The number of anilines is 3. The van der Waals surface area contributed by atoms with Gasteiger partial charge in [-0.15, -0.1) is 0 Å². The van der Waals surface area contributed by atoms with E-state index in [9.17, 15) is 0 Å². The molecular formula is C14H27N7. The van der Waals surface area contributed by atoms with E-state index >= 15 is 0 Å². The molecule has 0 aliphatic carbocycles. The first kappa shape index (κ1) is 15.8. The van der Waals surface area contributed by atoms with Crippen LogP contribution in [0, 0.1) is 11.3 Å². The molecule has 0 unspecified atom stereocenters. The van der Waals surface area contributed by atoms with E-state index in [1.807, 2.05) is 0 Å². The lowest BCUT2D eigenvalue weighted by Crippen LogP contribution is -2.30. The molecule has 7 heteroatoms. The van der Waals surface area contributed by atoms with Gasteiger partial charge >= 0.3 is 0 Å². The van der Waals surface area contributed by atoms with Crippen LogP contribution in [0.5, 0.6) is 0 Å². The molecule has 7 nitrogen and oxygen atoms in total. The Bertz CT molecular complexity index is 466. The molecule has 118 valence electrons. The number of aromatic nitrogens is 3.